The zero-order valence-electron chi connectivity index (χ0n) is 14.8. The first-order valence-electron chi connectivity index (χ1n) is 8.49. The van der Waals surface area contributed by atoms with Crippen LogP contribution in [-0.4, -0.2) is 41.9 Å². The van der Waals surface area contributed by atoms with Gasteiger partial charge in [-0.05, 0) is 38.3 Å². The van der Waals surface area contributed by atoms with Crippen molar-refractivity contribution in [2.75, 3.05) is 13.1 Å². The summed E-state index contributed by atoms with van der Waals surface area (Å²) in [6.45, 7) is 4.10. The Morgan fingerprint density at radius 3 is 2.88 bits per heavy atom. The van der Waals surface area contributed by atoms with E-state index in [1.54, 1.807) is 32.3 Å². The fourth-order valence-electron chi connectivity index (χ4n) is 3.18. The Bertz CT molecular complexity index is 860. The third kappa shape index (κ3) is 3.78. The molecule has 8 nitrogen and oxygen atoms in total. The minimum Gasteiger partial charge on any atom is -0.360 e. The van der Waals surface area contributed by atoms with Gasteiger partial charge in [0.1, 0.15) is 10.6 Å². The van der Waals surface area contributed by atoms with Crippen LogP contribution < -0.4 is 5.32 Å². The SMILES string of the molecule is Cc1noc(C)c1S(=O)(=O)N1CCCC(C(=O)NCc2cccnc2)C1. The highest BCUT2D eigenvalue weighted by Gasteiger charge is 2.36. The third-order valence-corrected chi connectivity index (χ3v) is 6.62. The lowest BCUT2D eigenvalue weighted by Gasteiger charge is -2.31. The molecule has 1 atom stereocenters. The topological polar surface area (TPSA) is 105 Å². The molecule has 0 aliphatic carbocycles. The summed E-state index contributed by atoms with van der Waals surface area (Å²) in [5.74, 6) is -0.256. The summed E-state index contributed by atoms with van der Waals surface area (Å²) in [6, 6.07) is 3.68. The van der Waals surface area contributed by atoms with E-state index >= 15 is 0 Å². The van der Waals surface area contributed by atoms with Crippen LogP contribution in [0.2, 0.25) is 0 Å². The molecule has 3 rings (SSSR count). The van der Waals surface area contributed by atoms with Crippen LogP contribution in [0.4, 0.5) is 0 Å². The molecule has 1 unspecified atom stereocenters. The molecule has 9 heteroatoms. The molecule has 0 saturated carbocycles. The number of hydrogen-bond donors (Lipinski definition) is 1. The molecule has 2 aromatic rings. The first kappa shape index (κ1) is 18.5. The Kier molecular flexibility index (Phi) is 5.38. The van der Waals surface area contributed by atoms with E-state index in [2.05, 4.69) is 15.5 Å². The van der Waals surface area contributed by atoms with E-state index in [1.807, 2.05) is 6.07 Å². The number of rotatable bonds is 5. The molecule has 140 valence electrons. The Morgan fingerprint density at radius 1 is 1.42 bits per heavy atom. The van der Waals surface area contributed by atoms with E-state index in [1.165, 1.54) is 4.31 Å². The van der Waals surface area contributed by atoms with E-state index in [9.17, 15) is 13.2 Å². The quantitative estimate of drug-likeness (QED) is 0.843. The van der Waals surface area contributed by atoms with Crippen LogP contribution >= 0.6 is 0 Å². The van der Waals surface area contributed by atoms with Gasteiger partial charge in [0.15, 0.2) is 5.76 Å². The molecular weight excluding hydrogens is 356 g/mol. The van der Waals surface area contributed by atoms with Gasteiger partial charge >= 0.3 is 0 Å². The molecule has 1 aliphatic heterocycles. The second-order valence-corrected chi connectivity index (χ2v) is 8.31. The molecule has 1 fully saturated rings. The van der Waals surface area contributed by atoms with Gasteiger partial charge < -0.3 is 9.84 Å². The zero-order valence-corrected chi connectivity index (χ0v) is 15.6. The predicted octanol–water partition coefficient (Wildman–Crippen LogP) is 1.40. The highest BCUT2D eigenvalue weighted by molar-refractivity contribution is 7.89. The lowest BCUT2D eigenvalue weighted by Crippen LogP contribution is -2.45. The minimum absolute atomic E-state index is 0.105. The maximum atomic E-state index is 12.9. The van der Waals surface area contributed by atoms with Crippen molar-refractivity contribution in [2.24, 2.45) is 5.92 Å². The number of aryl methyl sites for hydroxylation is 2. The Morgan fingerprint density at radius 2 is 2.23 bits per heavy atom. The minimum atomic E-state index is -3.73. The summed E-state index contributed by atoms with van der Waals surface area (Å²) >= 11 is 0. The lowest BCUT2D eigenvalue weighted by molar-refractivity contribution is -0.126. The van der Waals surface area contributed by atoms with Gasteiger partial charge in [-0.25, -0.2) is 8.42 Å². The maximum Gasteiger partial charge on any atom is 0.248 e. The van der Waals surface area contributed by atoms with Crippen molar-refractivity contribution >= 4 is 15.9 Å². The van der Waals surface area contributed by atoms with Crippen LogP contribution in [0.3, 0.4) is 0 Å². The van der Waals surface area contributed by atoms with Crippen molar-refractivity contribution in [2.45, 2.75) is 38.1 Å². The van der Waals surface area contributed by atoms with E-state index in [0.29, 0.717) is 31.6 Å². The molecule has 0 spiro atoms. The van der Waals surface area contributed by atoms with E-state index in [-0.39, 0.29) is 29.0 Å². The molecule has 1 amide bonds. The van der Waals surface area contributed by atoms with E-state index in [0.717, 1.165) is 5.56 Å². The number of aromatic nitrogens is 2. The van der Waals surface area contributed by atoms with Crippen LogP contribution in [0, 0.1) is 19.8 Å². The summed E-state index contributed by atoms with van der Waals surface area (Å²) in [5, 5.41) is 6.60. The van der Waals surface area contributed by atoms with Crippen LogP contribution in [0.1, 0.15) is 29.9 Å². The molecule has 26 heavy (non-hydrogen) atoms. The van der Waals surface area contributed by atoms with Crippen molar-refractivity contribution in [3.63, 3.8) is 0 Å². The monoisotopic (exact) mass is 378 g/mol. The molecule has 1 N–H and O–H groups in total. The molecule has 2 aromatic heterocycles. The van der Waals surface area contributed by atoms with Gasteiger partial charge in [-0.15, -0.1) is 0 Å². The molecule has 0 radical (unpaired) electrons. The first-order chi connectivity index (χ1) is 12.4. The van der Waals surface area contributed by atoms with Crippen molar-refractivity contribution in [1.82, 2.24) is 19.8 Å². The average Bonchev–Trinajstić information content (AvgIpc) is 2.99. The summed E-state index contributed by atoms with van der Waals surface area (Å²) in [5.41, 5.74) is 1.24. The van der Waals surface area contributed by atoms with Crippen molar-refractivity contribution in [3.8, 4) is 0 Å². The highest BCUT2D eigenvalue weighted by atomic mass is 32.2. The molecule has 0 bridgehead atoms. The van der Waals surface area contributed by atoms with Gasteiger partial charge in [0.05, 0.1) is 5.92 Å². The maximum absolute atomic E-state index is 12.9. The number of carbonyl (C=O) groups is 1. The van der Waals surface area contributed by atoms with Gasteiger partial charge in [0, 0.05) is 32.0 Å². The summed E-state index contributed by atoms with van der Waals surface area (Å²) in [6.07, 6.45) is 4.65. The molecule has 0 aromatic carbocycles. The molecular formula is C17H22N4O4S. The fourth-order valence-corrected chi connectivity index (χ4v) is 5.00. The summed E-state index contributed by atoms with van der Waals surface area (Å²) in [7, 11) is -3.73. The number of nitrogens with zero attached hydrogens (tertiary/aromatic N) is 3. The Balaban J connectivity index is 1.68. The normalized spacial score (nSPS) is 18.6. The highest BCUT2D eigenvalue weighted by Crippen LogP contribution is 2.27. The molecule has 1 saturated heterocycles. The summed E-state index contributed by atoms with van der Waals surface area (Å²) in [4.78, 5) is 16.6. The van der Waals surface area contributed by atoms with Gasteiger partial charge in [-0.3, -0.25) is 9.78 Å². The molecule has 1 aliphatic rings. The number of nitrogens with one attached hydrogen (secondary N) is 1. The molecule has 3 heterocycles. The zero-order chi connectivity index (χ0) is 18.7. The summed E-state index contributed by atoms with van der Waals surface area (Å²) < 4.78 is 32.2. The largest absolute Gasteiger partial charge is 0.360 e. The Labute approximate surface area is 152 Å². The predicted molar refractivity (Wildman–Crippen MR) is 93.5 cm³/mol. The van der Waals surface area contributed by atoms with Crippen molar-refractivity contribution in [1.29, 1.82) is 0 Å². The third-order valence-electron chi connectivity index (χ3n) is 4.51. The second kappa shape index (κ2) is 7.55. The number of sulfonamides is 1. The van der Waals surface area contributed by atoms with Crippen LogP contribution in [-0.2, 0) is 21.4 Å². The van der Waals surface area contributed by atoms with Crippen LogP contribution in [0.5, 0.6) is 0 Å². The van der Waals surface area contributed by atoms with Gasteiger partial charge in [-0.2, -0.15) is 4.31 Å². The Hall–Kier alpha value is -2.26. The lowest BCUT2D eigenvalue weighted by atomic mass is 9.99. The smallest absolute Gasteiger partial charge is 0.248 e. The average molecular weight is 378 g/mol. The number of amides is 1. The number of carbonyl (C=O) groups excluding carboxylic acids is 1. The van der Waals surface area contributed by atoms with Crippen LogP contribution in [0.25, 0.3) is 0 Å². The van der Waals surface area contributed by atoms with Crippen LogP contribution in [0.15, 0.2) is 33.9 Å². The number of pyridine rings is 1. The van der Waals surface area contributed by atoms with E-state index in [4.69, 9.17) is 4.52 Å². The van der Waals surface area contributed by atoms with Crippen molar-refractivity contribution < 1.29 is 17.7 Å². The number of piperidine rings is 1. The standard InChI is InChI=1S/C17H22N4O4S/c1-12-16(13(2)25-20-12)26(23,24)21-8-4-6-15(11-21)17(22)19-10-14-5-3-7-18-9-14/h3,5,7,9,15H,4,6,8,10-11H2,1-2H3,(H,19,22). The van der Waals surface area contributed by atoms with Gasteiger partial charge in [0.2, 0.25) is 15.9 Å². The fraction of sp³-hybridized carbons (Fsp3) is 0.471. The van der Waals surface area contributed by atoms with Crippen molar-refractivity contribution in [3.05, 3.63) is 41.5 Å². The first-order valence-corrected chi connectivity index (χ1v) is 9.93. The van der Waals surface area contributed by atoms with Gasteiger partial charge in [-0.1, -0.05) is 11.2 Å². The number of hydrogen-bond acceptors (Lipinski definition) is 6. The van der Waals surface area contributed by atoms with Gasteiger partial charge in [0.25, 0.3) is 0 Å². The second-order valence-electron chi connectivity index (χ2n) is 6.43. The van der Waals surface area contributed by atoms with E-state index < -0.39 is 10.0 Å².